The maximum Gasteiger partial charge on any atom is 0.190 e. The minimum atomic E-state index is 0.527. The average Bonchev–Trinajstić information content (AvgIpc) is 2.90. The minimum Gasteiger partial charge on any atom is -0.497 e. The Morgan fingerprint density at radius 3 is 2.81 bits per heavy atom. The summed E-state index contributed by atoms with van der Waals surface area (Å²) in [5.74, 6) is 0.837. The highest BCUT2D eigenvalue weighted by Gasteiger charge is 2.15. The summed E-state index contributed by atoms with van der Waals surface area (Å²) >= 11 is 1.67. The molecular weight excluding hydrogens is 286 g/mol. The molecule has 0 amide bonds. The fraction of sp³-hybridized carbons (Fsp3) is 0.400. The molecule has 0 fully saturated rings. The predicted molar refractivity (Wildman–Crippen MR) is 86.6 cm³/mol. The normalized spacial score (nSPS) is 10.7. The highest BCUT2D eigenvalue weighted by molar-refractivity contribution is 7.15. The van der Waals surface area contributed by atoms with Crippen molar-refractivity contribution in [3.63, 3.8) is 0 Å². The highest BCUT2D eigenvalue weighted by atomic mass is 32.1. The molecule has 0 bridgehead atoms. The molecule has 5 nitrogen and oxygen atoms in total. The van der Waals surface area contributed by atoms with Crippen LogP contribution in [0.5, 0.6) is 5.75 Å². The lowest BCUT2D eigenvalue weighted by molar-refractivity contribution is 0.181. The van der Waals surface area contributed by atoms with Crippen LogP contribution < -0.4 is 15.0 Å². The second-order valence-electron chi connectivity index (χ2n) is 4.59. The monoisotopic (exact) mass is 307 g/mol. The highest BCUT2D eigenvalue weighted by Crippen LogP contribution is 2.32. The van der Waals surface area contributed by atoms with E-state index in [1.54, 1.807) is 25.6 Å². The number of hydrogen-bond donors (Lipinski definition) is 1. The largest absolute Gasteiger partial charge is 0.497 e. The number of aromatic nitrogens is 1. The first-order valence-electron chi connectivity index (χ1n) is 6.69. The number of anilines is 2. The molecule has 1 heterocycles. The number of nitrogens with one attached hydrogen (secondary N) is 1. The predicted octanol–water partition coefficient (Wildman–Crippen LogP) is 2.79. The van der Waals surface area contributed by atoms with Crippen LogP contribution in [0, 0.1) is 0 Å². The van der Waals surface area contributed by atoms with Gasteiger partial charge < -0.3 is 19.7 Å². The van der Waals surface area contributed by atoms with Crippen molar-refractivity contribution in [2.75, 3.05) is 33.2 Å². The van der Waals surface area contributed by atoms with Crippen LogP contribution in [0.15, 0.2) is 24.3 Å². The van der Waals surface area contributed by atoms with E-state index >= 15 is 0 Å². The summed E-state index contributed by atoms with van der Waals surface area (Å²) in [6.07, 6.45) is 0. The fourth-order valence-electron chi connectivity index (χ4n) is 1.99. The molecule has 0 aliphatic carbocycles. The van der Waals surface area contributed by atoms with Crippen molar-refractivity contribution < 1.29 is 9.47 Å². The Kier molecular flexibility index (Phi) is 5.55. The van der Waals surface area contributed by atoms with Gasteiger partial charge in [0.25, 0.3) is 0 Å². The van der Waals surface area contributed by atoms with Gasteiger partial charge in [-0.1, -0.05) is 17.4 Å². The Bertz CT molecular complexity index is 563. The smallest absolute Gasteiger partial charge is 0.190 e. The molecular formula is C15H21N3O2S. The molecule has 114 valence electrons. The number of thiazole rings is 1. The molecule has 0 atom stereocenters. The number of benzene rings is 1. The van der Waals surface area contributed by atoms with Crippen LogP contribution in [0.3, 0.4) is 0 Å². The van der Waals surface area contributed by atoms with Crippen LogP contribution >= 0.6 is 11.3 Å². The first kappa shape index (κ1) is 15.8. The van der Waals surface area contributed by atoms with Crippen LogP contribution in [0.25, 0.3) is 0 Å². The van der Waals surface area contributed by atoms with E-state index in [2.05, 4.69) is 15.2 Å². The van der Waals surface area contributed by atoms with Crippen molar-refractivity contribution in [2.24, 2.45) is 0 Å². The lowest BCUT2D eigenvalue weighted by Crippen LogP contribution is -2.09. The van der Waals surface area contributed by atoms with Gasteiger partial charge in [0.2, 0.25) is 0 Å². The van der Waals surface area contributed by atoms with Crippen LogP contribution in [-0.2, 0) is 17.9 Å². The van der Waals surface area contributed by atoms with E-state index < -0.39 is 0 Å². The van der Waals surface area contributed by atoms with E-state index in [1.807, 2.05) is 38.4 Å². The molecule has 0 aliphatic heterocycles. The van der Waals surface area contributed by atoms with Crippen molar-refractivity contribution in [2.45, 2.75) is 13.2 Å². The molecule has 2 rings (SSSR count). The summed E-state index contributed by atoms with van der Waals surface area (Å²) in [5, 5.41) is 4.11. The fourth-order valence-corrected chi connectivity index (χ4v) is 3.05. The molecule has 1 aromatic heterocycles. The summed E-state index contributed by atoms with van der Waals surface area (Å²) in [6.45, 7) is 1.32. The van der Waals surface area contributed by atoms with E-state index in [-0.39, 0.29) is 0 Å². The molecule has 0 unspecified atom stereocenters. The number of ether oxygens (including phenoxy) is 2. The topological polar surface area (TPSA) is 46.6 Å². The van der Waals surface area contributed by atoms with E-state index in [4.69, 9.17) is 9.47 Å². The van der Waals surface area contributed by atoms with E-state index in [0.29, 0.717) is 6.61 Å². The third-order valence-corrected chi connectivity index (χ3v) is 4.29. The van der Waals surface area contributed by atoms with Gasteiger partial charge in [-0.25, -0.2) is 4.98 Å². The Morgan fingerprint density at radius 2 is 2.14 bits per heavy atom. The molecule has 6 heteroatoms. The quantitative estimate of drug-likeness (QED) is 0.852. The van der Waals surface area contributed by atoms with Crippen molar-refractivity contribution in [3.8, 4) is 5.75 Å². The Labute approximate surface area is 129 Å². The third kappa shape index (κ3) is 3.72. The standard InChI is InChI=1S/C15H21N3O2S/c1-16-9-14-13(10-19-3)17-15(21-14)18(2)11-6-5-7-12(8-11)20-4/h5-8,16H,9-10H2,1-4H3. The lowest BCUT2D eigenvalue weighted by Gasteiger charge is -2.16. The maximum atomic E-state index is 5.27. The summed E-state index contributed by atoms with van der Waals surface area (Å²) in [7, 11) is 7.30. The molecule has 0 spiro atoms. The second-order valence-corrected chi connectivity index (χ2v) is 5.65. The van der Waals surface area contributed by atoms with Crippen molar-refractivity contribution in [1.29, 1.82) is 0 Å². The second kappa shape index (κ2) is 7.40. The Balaban J connectivity index is 2.29. The zero-order valence-corrected chi connectivity index (χ0v) is 13.7. The summed E-state index contributed by atoms with van der Waals surface area (Å²) in [6, 6.07) is 7.94. The van der Waals surface area contributed by atoms with Crippen LogP contribution in [0.2, 0.25) is 0 Å². The Hall–Kier alpha value is -1.63. The van der Waals surface area contributed by atoms with E-state index in [1.165, 1.54) is 4.88 Å². The Morgan fingerprint density at radius 1 is 1.33 bits per heavy atom. The van der Waals surface area contributed by atoms with Crippen LogP contribution in [0.4, 0.5) is 10.8 Å². The van der Waals surface area contributed by atoms with Gasteiger partial charge in [-0.3, -0.25) is 0 Å². The van der Waals surface area contributed by atoms with Gasteiger partial charge in [-0.05, 0) is 19.2 Å². The molecule has 0 aliphatic rings. The summed E-state index contributed by atoms with van der Waals surface area (Å²) < 4.78 is 10.5. The average molecular weight is 307 g/mol. The third-order valence-electron chi connectivity index (χ3n) is 3.11. The first-order chi connectivity index (χ1) is 10.2. The molecule has 2 aromatic rings. The lowest BCUT2D eigenvalue weighted by atomic mass is 10.3. The van der Waals surface area contributed by atoms with Crippen molar-refractivity contribution >= 4 is 22.2 Å². The van der Waals surface area contributed by atoms with E-state index in [0.717, 1.165) is 28.8 Å². The molecule has 0 saturated carbocycles. The summed E-state index contributed by atoms with van der Waals surface area (Å²) in [5.41, 5.74) is 2.03. The number of methoxy groups -OCH3 is 2. The van der Waals surface area contributed by atoms with Crippen molar-refractivity contribution in [1.82, 2.24) is 10.3 Å². The first-order valence-corrected chi connectivity index (χ1v) is 7.51. The van der Waals surface area contributed by atoms with Gasteiger partial charge in [-0.2, -0.15) is 0 Å². The molecule has 1 aromatic carbocycles. The van der Waals surface area contributed by atoms with Gasteiger partial charge in [0, 0.05) is 37.3 Å². The zero-order valence-electron chi connectivity index (χ0n) is 12.8. The van der Waals surface area contributed by atoms with Gasteiger partial charge in [0.15, 0.2) is 5.13 Å². The molecule has 0 radical (unpaired) electrons. The number of rotatable bonds is 7. The van der Waals surface area contributed by atoms with Gasteiger partial charge in [0.1, 0.15) is 5.75 Å². The molecule has 1 N–H and O–H groups in total. The number of nitrogens with zero attached hydrogens (tertiary/aromatic N) is 2. The van der Waals surface area contributed by atoms with Crippen LogP contribution in [-0.4, -0.2) is 33.3 Å². The van der Waals surface area contributed by atoms with E-state index in [9.17, 15) is 0 Å². The van der Waals surface area contributed by atoms with Gasteiger partial charge in [0.05, 0.1) is 19.4 Å². The summed E-state index contributed by atoms with van der Waals surface area (Å²) in [4.78, 5) is 7.95. The minimum absolute atomic E-state index is 0.527. The maximum absolute atomic E-state index is 5.27. The number of hydrogen-bond acceptors (Lipinski definition) is 6. The van der Waals surface area contributed by atoms with Gasteiger partial charge >= 0.3 is 0 Å². The van der Waals surface area contributed by atoms with Crippen LogP contribution in [0.1, 0.15) is 10.6 Å². The van der Waals surface area contributed by atoms with Gasteiger partial charge in [-0.15, -0.1) is 0 Å². The van der Waals surface area contributed by atoms with Crippen molar-refractivity contribution in [3.05, 3.63) is 34.8 Å². The molecule has 0 saturated heterocycles. The zero-order chi connectivity index (χ0) is 15.2. The SMILES string of the molecule is CNCc1sc(N(C)c2cccc(OC)c2)nc1COC. The molecule has 21 heavy (non-hydrogen) atoms.